The molecule has 0 aliphatic carbocycles. The first kappa shape index (κ1) is 16.7. The molecule has 5 nitrogen and oxygen atoms in total. The number of fused-ring (bicyclic) bond motifs is 1. The van der Waals surface area contributed by atoms with Crippen LogP contribution in [0.1, 0.15) is 0 Å². The molecular weight excluding hydrogens is 366 g/mol. The van der Waals surface area contributed by atoms with Crippen molar-refractivity contribution >= 4 is 43.6 Å². The second-order valence-electron chi connectivity index (χ2n) is 5.86. The Morgan fingerprint density at radius 1 is 1.00 bits per heavy atom. The fourth-order valence-electron chi connectivity index (χ4n) is 2.70. The van der Waals surface area contributed by atoms with Crippen molar-refractivity contribution in [3.05, 3.63) is 66.3 Å². The number of rotatable bonds is 4. The van der Waals surface area contributed by atoms with Gasteiger partial charge in [0, 0.05) is 22.2 Å². The van der Waals surface area contributed by atoms with E-state index in [1.807, 2.05) is 29.6 Å². The number of nitrogens with one attached hydrogen (secondary N) is 1. The van der Waals surface area contributed by atoms with Gasteiger partial charge in [0.1, 0.15) is 12.1 Å². The standard InChI is InChI=1S/C19H15N3O2S2/c1-26(23,24)15-7-8-17-16(11-15)19(21-12-20-17)22-14-5-2-4-13(10-14)18-6-3-9-25-18/h2-12H,1H3,(H,20,21,22). The molecule has 0 fully saturated rings. The number of thiophene rings is 1. The van der Waals surface area contributed by atoms with Gasteiger partial charge in [-0.15, -0.1) is 11.3 Å². The van der Waals surface area contributed by atoms with Gasteiger partial charge in [-0.25, -0.2) is 18.4 Å². The summed E-state index contributed by atoms with van der Waals surface area (Å²) in [5.41, 5.74) is 2.67. The molecule has 0 atom stereocenters. The number of benzene rings is 2. The third-order valence-corrected chi connectivity index (χ3v) is 6.00. The molecule has 0 saturated carbocycles. The number of anilines is 2. The van der Waals surface area contributed by atoms with Crippen LogP contribution in [0.15, 0.2) is 71.2 Å². The van der Waals surface area contributed by atoms with Crippen LogP contribution in [0.25, 0.3) is 21.3 Å². The quantitative estimate of drug-likeness (QED) is 0.563. The minimum absolute atomic E-state index is 0.246. The number of sulfone groups is 1. The number of hydrogen-bond acceptors (Lipinski definition) is 6. The van der Waals surface area contributed by atoms with Crippen LogP contribution in [0, 0.1) is 0 Å². The van der Waals surface area contributed by atoms with Gasteiger partial charge in [0.2, 0.25) is 0 Å². The third-order valence-electron chi connectivity index (χ3n) is 3.97. The van der Waals surface area contributed by atoms with Crippen LogP contribution in [0.4, 0.5) is 11.5 Å². The molecule has 4 aromatic rings. The van der Waals surface area contributed by atoms with E-state index in [4.69, 9.17) is 0 Å². The predicted octanol–water partition coefficient (Wildman–Crippen LogP) is 4.51. The van der Waals surface area contributed by atoms with Gasteiger partial charge in [-0.1, -0.05) is 18.2 Å². The second kappa shape index (κ2) is 6.51. The number of hydrogen-bond donors (Lipinski definition) is 1. The molecule has 0 aliphatic rings. The molecule has 4 rings (SSSR count). The van der Waals surface area contributed by atoms with Crippen molar-refractivity contribution in [1.29, 1.82) is 0 Å². The number of aromatic nitrogens is 2. The van der Waals surface area contributed by atoms with Crippen LogP contribution in [0.3, 0.4) is 0 Å². The summed E-state index contributed by atoms with van der Waals surface area (Å²) in [6.45, 7) is 0. The van der Waals surface area contributed by atoms with Crippen molar-refractivity contribution in [2.75, 3.05) is 11.6 Å². The fraction of sp³-hybridized carbons (Fsp3) is 0.0526. The first-order valence-electron chi connectivity index (χ1n) is 7.86. The molecule has 26 heavy (non-hydrogen) atoms. The monoisotopic (exact) mass is 381 g/mol. The first-order valence-corrected chi connectivity index (χ1v) is 10.6. The molecule has 2 aromatic carbocycles. The lowest BCUT2D eigenvalue weighted by molar-refractivity contribution is 0.602. The van der Waals surface area contributed by atoms with Crippen molar-refractivity contribution in [3.63, 3.8) is 0 Å². The van der Waals surface area contributed by atoms with Gasteiger partial charge in [-0.2, -0.15) is 0 Å². The summed E-state index contributed by atoms with van der Waals surface area (Å²) in [7, 11) is -3.30. The molecule has 0 spiro atoms. The third kappa shape index (κ3) is 3.31. The molecule has 0 radical (unpaired) electrons. The van der Waals surface area contributed by atoms with Crippen LogP contribution in [-0.2, 0) is 9.84 Å². The van der Waals surface area contributed by atoms with Gasteiger partial charge < -0.3 is 5.32 Å². The summed E-state index contributed by atoms with van der Waals surface area (Å²) < 4.78 is 23.7. The summed E-state index contributed by atoms with van der Waals surface area (Å²) in [4.78, 5) is 9.95. The van der Waals surface area contributed by atoms with Crippen molar-refractivity contribution < 1.29 is 8.42 Å². The molecule has 0 bridgehead atoms. The molecule has 1 N–H and O–H groups in total. The van der Waals surface area contributed by atoms with Crippen molar-refractivity contribution in [1.82, 2.24) is 9.97 Å². The summed E-state index contributed by atoms with van der Waals surface area (Å²) in [6.07, 6.45) is 2.66. The Bertz CT molecular complexity index is 1190. The normalized spacial score (nSPS) is 11.6. The average Bonchev–Trinajstić information content (AvgIpc) is 3.16. The second-order valence-corrected chi connectivity index (χ2v) is 8.82. The Labute approximate surface area is 155 Å². The van der Waals surface area contributed by atoms with Gasteiger partial charge >= 0.3 is 0 Å². The lowest BCUT2D eigenvalue weighted by Crippen LogP contribution is -2.00. The summed E-state index contributed by atoms with van der Waals surface area (Å²) >= 11 is 1.68. The van der Waals surface area contributed by atoms with Gasteiger partial charge in [-0.05, 0) is 47.3 Å². The summed E-state index contributed by atoms with van der Waals surface area (Å²) in [5, 5.41) is 5.99. The van der Waals surface area contributed by atoms with E-state index in [0.717, 1.165) is 11.3 Å². The van der Waals surface area contributed by atoms with Crippen LogP contribution >= 0.6 is 11.3 Å². The zero-order valence-electron chi connectivity index (χ0n) is 13.9. The topological polar surface area (TPSA) is 72.0 Å². The van der Waals surface area contributed by atoms with Crippen LogP contribution in [-0.4, -0.2) is 24.6 Å². The maximum atomic E-state index is 11.9. The molecule has 0 unspecified atom stereocenters. The maximum absolute atomic E-state index is 11.9. The fourth-order valence-corrected chi connectivity index (χ4v) is 4.07. The van der Waals surface area contributed by atoms with E-state index in [1.54, 1.807) is 29.5 Å². The Morgan fingerprint density at radius 2 is 1.88 bits per heavy atom. The zero-order chi connectivity index (χ0) is 18.1. The highest BCUT2D eigenvalue weighted by Gasteiger charge is 2.11. The first-order chi connectivity index (χ1) is 12.5. The Hall–Kier alpha value is -2.77. The van der Waals surface area contributed by atoms with E-state index in [9.17, 15) is 8.42 Å². The van der Waals surface area contributed by atoms with E-state index in [0.29, 0.717) is 16.7 Å². The predicted molar refractivity (Wildman–Crippen MR) is 106 cm³/mol. The van der Waals surface area contributed by atoms with E-state index in [-0.39, 0.29) is 4.90 Å². The Balaban J connectivity index is 1.77. The molecular formula is C19H15N3O2S2. The highest BCUT2D eigenvalue weighted by Crippen LogP contribution is 2.30. The van der Waals surface area contributed by atoms with E-state index >= 15 is 0 Å². The SMILES string of the molecule is CS(=O)(=O)c1ccc2ncnc(Nc3cccc(-c4cccs4)c3)c2c1. The van der Waals surface area contributed by atoms with E-state index in [1.165, 1.54) is 17.5 Å². The highest BCUT2D eigenvalue weighted by atomic mass is 32.2. The lowest BCUT2D eigenvalue weighted by Gasteiger charge is -2.10. The van der Waals surface area contributed by atoms with Gasteiger partial charge in [0.05, 0.1) is 10.4 Å². The summed E-state index contributed by atoms with van der Waals surface area (Å²) in [5.74, 6) is 0.573. The van der Waals surface area contributed by atoms with Crippen LogP contribution in [0.5, 0.6) is 0 Å². The maximum Gasteiger partial charge on any atom is 0.175 e. The minimum Gasteiger partial charge on any atom is -0.340 e. The molecule has 0 saturated heterocycles. The lowest BCUT2D eigenvalue weighted by atomic mass is 10.1. The smallest absolute Gasteiger partial charge is 0.175 e. The highest BCUT2D eigenvalue weighted by molar-refractivity contribution is 7.90. The van der Waals surface area contributed by atoms with Crippen molar-refractivity contribution in [3.8, 4) is 10.4 Å². The average molecular weight is 381 g/mol. The van der Waals surface area contributed by atoms with Crippen molar-refractivity contribution in [2.45, 2.75) is 4.90 Å². The molecule has 2 aromatic heterocycles. The Morgan fingerprint density at radius 3 is 2.65 bits per heavy atom. The number of nitrogens with zero attached hydrogens (tertiary/aromatic N) is 2. The van der Waals surface area contributed by atoms with Crippen LogP contribution < -0.4 is 5.32 Å². The largest absolute Gasteiger partial charge is 0.340 e. The van der Waals surface area contributed by atoms with Gasteiger partial charge in [0.15, 0.2) is 9.84 Å². The van der Waals surface area contributed by atoms with Gasteiger partial charge in [-0.3, -0.25) is 0 Å². The summed E-state index contributed by atoms with van der Waals surface area (Å²) in [6, 6.07) is 17.0. The molecule has 0 amide bonds. The Kier molecular flexibility index (Phi) is 4.18. The van der Waals surface area contributed by atoms with Crippen LogP contribution in [0.2, 0.25) is 0 Å². The molecule has 0 aliphatic heterocycles. The van der Waals surface area contributed by atoms with E-state index in [2.05, 4.69) is 27.4 Å². The molecule has 7 heteroatoms. The van der Waals surface area contributed by atoms with Gasteiger partial charge in [0.25, 0.3) is 0 Å². The zero-order valence-corrected chi connectivity index (χ0v) is 15.5. The minimum atomic E-state index is -3.30. The molecule has 130 valence electrons. The van der Waals surface area contributed by atoms with Crippen molar-refractivity contribution in [2.24, 2.45) is 0 Å². The molecule has 2 heterocycles. The van der Waals surface area contributed by atoms with E-state index < -0.39 is 9.84 Å².